The van der Waals surface area contributed by atoms with Crippen molar-refractivity contribution in [2.75, 3.05) is 7.11 Å². The number of methoxy groups -OCH3 is 1. The van der Waals surface area contributed by atoms with Crippen molar-refractivity contribution in [3.8, 4) is 0 Å². The van der Waals surface area contributed by atoms with Gasteiger partial charge in [0.1, 0.15) is 6.61 Å². The van der Waals surface area contributed by atoms with Gasteiger partial charge in [-0.1, -0.05) is 36.8 Å². The first kappa shape index (κ1) is 14.5. The van der Waals surface area contributed by atoms with E-state index in [0.717, 1.165) is 18.4 Å². The molecule has 2 aliphatic rings. The number of rotatable bonds is 5. The van der Waals surface area contributed by atoms with Crippen LogP contribution in [0, 0.1) is 5.92 Å². The molecule has 21 heavy (non-hydrogen) atoms. The van der Waals surface area contributed by atoms with Crippen LogP contribution in [0.1, 0.15) is 37.7 Å². The van der Waals surface area contributed by atoms with Gasteiger partial charge in [0.15, 0.2) is 5.79 Å². The van der Waals surface area contributed by atoms with E-state index in [-0.39, 0.29) is 18.5 Å². The molecule has 1 saturated heterocycles. The van der Waals surface area contributed by atoms with Crippen molar-refractivity contribution in [1.29, 1.82) is 0 Å². The quantitative estimate of drug-likeness (QED) is 0.782. The van der Waals surface area contributed by atoms with E-state index in [1.807, 2.05) is 30.3 Å². The maximum Gasteiger partial charge on any atom is 0.311 e. The van der Waals surface area contributed by atoms with E-state index in [9.17, 15) is 4.79 Å². The van der Waals surface area contributed by atoms with Crippen LogP contribution in [-0.4, -0.2) is 25.0 Å². The number of ether oxygens (including phenoxy) is 3. The van der Waals surface area contributed by atoms with Gasteiger partial charge in [0, 0.05) is 13.5 Å². The number of esters is 1. The van der Waals surface area contributed by atoms with Crippen LogP contribution >= 0.6 is 0 Å². The van der Waals surface area contributed by atoms with Crippen molar-refractivity contribution in [3.05, 3.63) is 35.9 Å². The molecular weight excluding hydrogens is 268 g/mol. The fourth-order valence-electron chi connectivity index (χ4n) is 3.44. The molecule has 3 atom stereocenters. The Morgan fingerprint density at radius 2 is 2.14 bits per heavy atom. The van der Waals surface area contributed by atoms with E-state index in [0.29, 0.717) is 12.5 Å². The van der Waals surface area contributed by atoms with Crippen LogP contribution in [-0.2, 0) is 25.6 Å². The lowest BCUT2D eigenvalue weighted by molar-refractivity contribution is -0.221. The predicted molar refractivity (Wildman–Crippen MR) is 77.4 cm³/mol. The van der Waals surface area contributed by atoms with Crippen molar-refractivity contribution >= 4 is 5.97 Å². The molecule has 1 aromatic rings. The molecule has 0 bridgehead atoms. The monoisotopic (exact) mass is 290 g/mol. The molecule has 4 heteroatoms. The predicted octanol–water partition coefficient (Wildman–Crippen LogP) is 3.05. The first-order valence-electron chi connectivity index (χ1n) is 7.63. The lowest BCUT2D eigenvalue weighted by atomic mass is 9.98. The van der Waals surface area contributed by atoms with Crippen molar-refractivity contribution in [2.24, 2.45) is 5.92 Å². The van der Waals surface area contributed by atoms with Crippen LogP contribution < -0.4 is 0 Å². The Balaban J connectivity index is 1.53. The van der Waals surface area contributed by atoms with Crippen LogP contribution in [0.3, 0.4) is 0 Å². The standard InChI is InChI=1S/C17H22O4/c1-19-17(10-14-8-5-9-15(14)21-17)11-16(18)20-12-13-6-3-2-4-7-13/h2-4,6-7,14-15H,5,8-12H2,1H3/t14-,15+,17?/m0/s1. The number of hydrogen-bond acceptors (Lipinski definition) is 4. The third kappa shape index (κ3) is 3.27. The van der Waals surface area contributed by atoms with Crippen molar-refractivity contribution in [1.82, 2.24) is 0 Å². The van der Waals surface area contributed by atoms with Gasteiger partial charge in [-0.15, -0.1) is 0 Å². The Bertz CT molecular complexity index is 473. The summed E-state index contributed by atoms with van der Waals surface area (Å²) in [5.74, 6) is -0.503. The molecule has 1 aliphatic carbocycles. The van der Waals surface area contributed by atoms with E-state index in [2.05, 4.69) is 0 Å². The summed E-state index contributed by atoms with van der Waals surface area (Å²) in [6, 6.07) is 9.68. The Kier molecular flexibility index (Phi) is 4.27. The summed E-state index contributed by atoms with van der Waals surface area (Å²) in [7, 11) is 1.62. The van der Waals surface area contributed by atoms with Crippen LogP contribution in [0.15, 0.2) is 30.3 Å². The highest BCUT2D eigenvalue weighted by Crippen LogP contribution is 2.46. The molecule has 0 aromatic heterocycles. The van der Waals surface area contributed by atoms with Gasteiger partial charge in [0.05, 0.1) is 12.5 Å². The van der Waals surface area contributed by atoms with Crippen molar-refractivity contribution in [2.45, 2.75) is 50.6 Å². The van der Waals surface area contributed by atoms with Gasteiger partial charge in [0.25, 0.3) is 0 Å². The largest absolute Gasteiger partial charge is 0.461 e. The molecule has 114 valence electrons. The molecule has 1 saturated carbocycles. The summed E-state index contributed by atoms with van der Waals surface area (Å²) in [5, 5.41) is 0. The zero-order chi connectivity index (χ0) is 14.7. The molecule has 1 heterocycles. The van der Waals surface area contributed by atoms with Gasteiger partial charge in [0.2, 0.25) is 0 Å². The maximum absolute atomic E-state index is 12.1. The van der Waals surface area contributed by atoms with Crippen LogP contribution in [0.2, 0.25) is 0 Å². The minimum absolute atomic E-state index is 0.170. The fourth-order valence-corrected chi connectivity index (χ4v) is 3.44. The zero-order valence-electron chi connectivity index (χ0n) is 12.4. The summed E-state index contributed by atoms with van der Waals surface area (Å²) >= 11 is 0. The molecule has 0 amide bonds. The second kappa shape index (κ2) is 6.16. The normalized spacial score (nSPS) is 31.1. The molecule has 0 radical (unpaired) electrons. The highest BCUT2D eigenvalue weighted by Gasteiger charge is 2.49. The van der Waals surface area contributed by atoms with Gasteiger partial charge in [-0.25, -0.2) is 0 Å². The van der Waals surface area contributed by atoms with Gasteiger partial charge in [-0.2, -0.15) is 0 Å². The van der Waals surface area contributed by atoms with E-state index in [1.165, 1.54) is 12.8 Å². The highest BCUT2D eigenvalue weighted by molar-refractivity contribution is 5.70. The number of benzene rings is 1. The highest BCUT2D eigenvalue weighted by atomic mass is 16.7. The summed E-state index contributed by atoms with van der Waals surface area (Å²) in [5.41, 5.74) is 0.988. The molecule has 3 rings (SSSR count). The van der Waals surface area contributed by atoms with E-state index in [4.69, 9.17) is 14.2 Å². The number of carbonyl (C=O) groups excluding carboxylic acids is 1. The lowest BCUT2D eigenvalue weighted by Crippen LogP contribution is -2.35. The zero-order valence-corrected chi connectivity index (χ0v) is 12.4. The Hall–Kier alpha value is -1.39. The fraction of sp³-hybridized carbons (Fsp3) is 0.588. The third-order valence-corrected chi connectivity index (χ3v) is 4.56. The maximum atomic E-state index is 12.1. The summed E-state index contributed by atoms with van der Waals surface area (Å²) < 4.78 is 16.9. The number of carbonyl (C=O) groups is 1. The van der Waals surface area contributed by atoms with Gasteiger partial charge in [-0.05, 0) is 24.3 Å². The topological polar surface area (TPSA) is 44.8 Å². The van der Waals surface area contributed by atoms with Gasteiger partial charge in [-0.3, -0.25) is 4.79 Å². The Labute approximate surface area is 125 Å². The van der Waals surface area contributed by atoms with Crippen LogP contribution in [0.25, 0.3) is 0 Å². The van der Waals surface area contributed by atoms with E-state index >= 15 is 0 Å². The molecule has 0 N–H and O–H groups in total. The average molecular weight is 290 g/mol. The lowest BCUT2D eigenvalue weighted by Gasteiger charge is -2.27. The second-order valence-corrected chi connectivity index (χ2v) is 5.99. The van der Waals surface area contributed by atoms with Crippen LogP contribution in [0.5, 0.6) is 0 Å². The number of hydrogen-bond donors (Lipinski definition) is 0. The third-order valence-electron chi connectivity index (χ3n) is 4.56. The molecule has 0 spiro atoms. The summed E-state index contributed by atoms with van der Waals surface area (Å²) in [6.45, 7) is 0.298. The van der Waals surface area contributed by atoms with Gasteiger partial charge < -0.3 is 14.2 Å². The number of fused-ring (bicyclic) bond motifs is 1. The molecule has 1 aliphatic heterocycles. The summed E-state index contributed by atoms with van der Waals surface area (Å²) in [4.78, 5) is 12.1. The average Bonchev–Trinajstić information content (AvgIpc) is 3.05. The minimum Gasteiger partial charge on any atom is -0.461 e. The van der Waals surface area contributed by atoms with Gasteiger partial charge >= 0.3 is 5.97 Å². The van der Waals surface area contributed by atoms with E-state index in [1.54, 1.807) is 7.11 Å². The first-order valence-corrected chi connectivity index (χ1v) is 7.63. The SMILES string of the molecule is COC1(CC(=O)OCc2ccccc2)C[C@@H]2CCC[C@H]2O1. The Morgan fingerprint density at radius 3 is 2.86 bits per heavy atom. The molecule has 1 unspecified atom stereocenters. The van der Waals surface area contributed by atoms with Crippen LogP contribution in [0.4, 0.5) is 0 Å². The molecular formula is C17H22O4. The molecule has 2 fully saturated rings. The van der Waals surface area contributed by atoms with E-state index < -0.39 is 5.79 Å². The molecule has 1 aromatic carbocycles. The first-order chi connectivity index (χ1) is 10.2. The van der Waals surface area contributed by atoms with Crippen molar-refractivity contribution in [3.63, 3.8) is 0 Å². The second-order valence-electron chi connectivity index (χ2n) is 5.99. The minimum atomic E-state index is -0.774. The smallest absolute Gasteiger partial charge is 0.311 e. The Morgan fingerprint density at radius 1 is 1.33 bits per heavy atom. The summed E-state index contributed by atoms with van der Waals surface area (Å²) in [6.07, 6.45) is 4.70. The van der Waals surface area contributed by atoms with Crippen molar-refractivity contribution < 1.29 is 19.0 Å². The molecule has 4 nitrogen and oxygen atoms in total.